The molecule has 0 bridgehead atoms. The number of nitrogens with one attached hydrogen (secondary N) is 1. The van der Waals surface area contributed by atoms with E-state index in [0.717, 1.165) is 19.3 Å². The zero-order valence-electron chi connectivity index (χ0n) is 12.3. The lowest BCUT2D eigenvalue weighted by molar-refractivity contribution is -0.122. The molecule has 2 atom stereocenters. The molecule has 2 unspecified atom stereocenters. The molecule has 1 heterocycles. The number of carbonyl (C=O) groups excluding carboxylic acids is 1. The molecule has 6 nitrogen and oxygen atoms in total. The summed E-state index contributed by atoms with van der Waals surface area (Å²) in [5, 5.41) is 3.03. The monoisotopic (exact) mass is 339 g/mol. The van der Waals surface area contributed by atoms with Crippen LogP contribution in [0.1, 0.15) is 38.5 Å². The van der Waals surface area contributed by atoms with Crippen molar-refractivity contribution in [3.05, 3.63) is 0 Å². The molecule has 1 saturated heterocycles. The maximum Gasteiger partial charge on any atom is 0.221 e. The highest BCUT2D eigenvalue weighted by Gasteiger charge is 2.29. The van der Waals surface area contributed by atoms with Gasteiger partial charge in [0.25, 0.3) is 0 Å². The third-order valence-electron chi connectivity index (χ3n) is 4.35. The van der Waals surface area contributed by atoms with Crippen molar-refractivity contribution >= 4 is 28.3 Å². The van der Waals surface area contributed by atoms with Crippen LogP contribution in [0.25, 0.3) is 0 Å². The van der Waals surface area contributed by atoms with Crippen LogP contribution in [0.15, 0.2) is 0 Å². The Bertz CT molecular complexity index is 444. The van der Waals surface area contributed by atoms with Gasteiger partial charge in [-0.2, -0.15) is 0 Å². The van der Waals surface area contributed by atoms with E-state index < -0.39 is 10.0 Å². The van der Waals surface area contributed by atoms with Gasteiger partial charge in [0, 0.05) is 25.6 Å². The molecule has 8 heteroatoms. The quantitative estimate of drug-likeness (QED) is 0.761. The Morgan fingerprint density at radius 3 is 2.57 bits per heavy atom. The number of hydrogen-bond donors (Lipinski definition) is 2. The molecule has 2 aliphatic rings. The van der Waals surface area contributed by atoms with Gasteiger partial charge in [0.15, 0.2) is 0 Å². The van der Waals surface area contributed by atoms with E-state index in [0.29, 0.717) is 32.0 Å². The molecule has 0 aromatic carbocycles. The van der Waals surface area contributed by atoms with Crippen LogP contribution < -0.4 is 11.1 Å². The van der Waals surface area contributed by atoms with Gasteiger partial charge in [-0.05, 0) is 31.7 Å². The van der Waals surface area contributed by atoms with E-state index in [1.807, 2.05) is 0 Å². The van der Waals surface area contributed by atoms with Gasteiger partial charge in [-0.1, -0.05) is 12.8 Å². The molecule has 2 rings (SSSR count). The molecule has 21 heavy (non-hydrogen) atoms. The van der Waals surface area contributed by atoms with Crippen molar-refractivity contribution in [1.82, 2.24) is 9.62 Å². The Morgan fingerprint density at radius 1 is 1.24 bits per heavy atom. The summed E-state index contributed by atoms with van der Waals surface area (Å²) in [5.74, 6) is 0.521. The van der Waals surface area contributed by atoms with Crippen LogP contribution >= 0.6 is 12.4 Å². The highest BCUT2D eigenvalue weighted by Crippen LogP contribution is 2.23. The van der Waals surface area contributed by atoms with E-state index in [-0.39, 0.29) is 36.5 Å². The van der Waals surface area contributed by atoms with Gasteiger partial charge in [-0.15, -0.1) is 12.4 Å². The van der Waals surface area contributed by atoms with E-state index in [4.69, 9.17) is 5.73 Å². The van der Waals surface area contributed by atoms with Crippen molar-refractivity contribution in [3.8, 4) is 0 Å². The van der Waals surface area contributed by atoms with Gasteiger partial charge < -0.3 is 11.1 Å². The number of carbonyl (C=O) groups is 1. The lowest BCUT2D eigenvalue weighted by atomic mass is 9.84. The second-order valence-corrected chi connectivity index (χ2v) is 7.86. The number of rotatable bonds is 5. The average Bonchev–Trinajstić information content (AvgIpc) is 2.76. The highest BCUT2D eigenvalue weighted by atomic mass is 35.5. The summed E-state index contributed by atoms with van der Waals surface area (Å²) in [5.41, 5.74) is 5.74. The molecular formula is C13H26ClN3O3S. The summed E-state index contributed by atoms with van der Waals surface area (Å²) in [6.07, 6.45) is 5.27. The van der Waals surface area contributed by atoms with Crippen molar-refractivity contribution in [3.63, 3.8) is 0 Å². The Kier molecular flexibility index (Phi) is 7.39. The van der Waals surface area contributed by atoms with Crippen molar-refractivity contribution in [2.45, 2.75) is 44.6 Å². The van der Waals surface area contributed by atoms with Crippen LogP contribution in [0.2, 0.25) is 0 Å². The summed E-state index contributed by atoms with van der Waals surface area (Å²) in [6.45, 7) is 1.45. The largest absolute Gasteiger partial charge is 0.353 e. The van der Waals surface area contributed by atoms with Crippen molar-refractivity contribution < 1.29 is 13.2 Å². The first kappa shape index (κ1) is 18.7. The average molecular weight is 340 g/mol. The van der Waals surface area contributed by atoms with E-state index >= 15 is 0 Å². The van der Waals surface area contributed by atoms with Crippen molar-refractivity contribution in [1.29, 1.82) is 0 Å². The summed E-state index contributed by atoms with van der Waals surface area (Å²) < 4.78 is 24.7. The maximum atomic E-state index is 12.0. The first-order valence-electron chi connectivity index (χ1n) is 7.50. The van der Waals surface area contributed by atoms with E-state index in [9.17, 15) is 13.2 Å². The van der Waals surface area contributed by atoms with Crippen molar-refractivity contribution in [2.75, 3.05) is 25.4 Å². The molecule has 1 aliphatic heterocycles. The number of nitrogens with two attached hydrogens (primary N) is 1. The van der Waals surface area contributed by atoms with Crippen LogP contribution in [-0.4, -0.2) is 50.1 Å². The Morgan fingerprint density at radius 2 is 1.95 bits per heavy atom. The number of hydrogen-bond acceptors (Lipinski definition) is 4. The van der Waals surface area contributed by atoms with E-state index in [1.165, 1.54) is 10.7 Å². The predicted molar refractivity (Wildman–Crippen MR) is 84.8 cm³/mol. The number of nitrogens with zero attached hydrogens (tertiary/aromatic N) is 1. The molecule has 3 N–H and O–H groups in total. The lowest BCUT2D eigenvalue weighted by Gasteiger charge is -2.31. The van der Waals surface area contributed by atoms with Gasteiger partial charge in [-0.25, -0.2) is 12.7 Å². The minimum atomic E-state index is -3.10. The first-order valence-corrected chi connectivity index (χ1v) is 9.11. The summed E-state index contributed by atoms with van der Waals surface area (Å²) in [7, 11) is -3.10. The predicted octanol–water partition coefficient (Wildman–Crippen LogP) is 0.468. The third kappa shape index (κ3) is 5.09. The molecule has 1 aliphatic carbocycles. The minimum absolute atomic E-state index is 0. The van der Waals surface area contributed by atoms with Crippen LogP contribution in [0, 0.1) is 5.92 Å². The maximum absolute atomic E-state index is 12.0. The molecule has 0 aromatic rings. The van der Waals surface area contributed by atoms with Crippen LogP contribution in [0.3, 0.4) is 0 Å². The number of amides is 1. The van der Waals surface area contributed by atoms with Gasteiger partial charge >= 0.3 is 0 Å². The molecular weight excluding hydrogens is 314 g/mol. The number of halogens is 1. The lowest BCUT2D eigenvalue weighted by Crippen LogP contribution is -2.45. The van der Waals surface area contributed by atoms with Gasteiger partial charge in [0.1, 0.15) is 0 Å². The zero-order chi connectivity index (χ0) is 14.6. The smallest absolute Gasteiger partial charge is 0.221 e. The van der Waals surface area contributed by atoms with E-state index in [2.05, 4.69) is 5.32 Å². The Labute approximate surface area is 133 Å². The fourth-order valence-electron chi connectivity index (χ4n) is 3.13. The second kappa shape index (κ2) is 8.31. The SMILES string of the molecule is Cl.NCC1CCCCC1NC(=O)CCN1CCCS1(=O)=O. The zero-order valence-corrected chi connectivity index (χ0v) is 13.9. The van der Waals surface area contributed by atoms with Crippen molar-refractivity contribution in [2.24, 2.45) is 11.7 Å². The van der Waals surface area contributed by atoms with Crippen LogP contribution in [0.4, 0.5) is 0 Å². The standard InChI is InChI=1S/C13H25N3O3S.ClH/c14-10-11-4-1-2-5-12(11)15-13(17)6-8-16-7-3-9-20(16,18)19;/h11-12H,1-10,14H2,(H,15,17);1H. The van der Waals surface area contributed by atoms with Gasteiger partial charge in [0.2, 0.25) is 15.9 Å². The van der Waals surface area contributed by atoms with Gasteiger partial charge in [0.05, 0.1) is 5.75 Å². The summed E-state index contributed by atoms with van der Waals surface area (Å²) >= 11 is 0. The molecule has 1 saturated carbocycles. The Hall–Kier alpha value is -0.370. The molecule has 124 valence electrons. The summed E-state index contributed by atoms with van der Waals surface area (Å²) in [4.78, 5) is 12.0. The highest BCUT2D eigenvalue weighted by molar-refractivity contribution is 7.89. The first-order chi connectivity index (χ1) is 9.53. The minimum Gasteiger partial charge on any atom is -0.353 e. The fraction of sp³-hybridized carbons (Fsp3) is 0.923. The molecule has 0 spiro atoms. The normalized spacial score (nSPS) is 28.8. The van der Waals surface area contributed by atoms with Crippen LogP contribution in [0.5, 0.6) is 0 Å². The van der Waals surface area contributed by atoms with Crippen LogP contribution in [-0.2, 0) is 14.8 Å². The third-order valence-corrected chi connectivity index (χ3v) is 6.31. The Balaban J connectivity index is 0.00000220. The second-order valence-electron chi connectivity index (χ2n) is 5.77. The fourth-order valence-corrected chi connectivity index (χ4v) is 4.66. The molecule has 0 radical (unpaired) electrons. The van der Waals surface area contributed by atoms with E-state index in [1.54, 1.807) is 0 Å². The summed E-state index contributed by atoms with van der Waals surface area (Å²) in [6, 6.07) is 0.163. The van der Waals surface area contributed by atoms with Gasteiger partial charge in [-0.3, -0.25) is 4.79 Å². The number of sulfonamides is 1. The molecule has 0 aromatic heterocycles. The molecule has 1 amide bonds. The topological polar surface area (TPSA) is 92.5 Å². The molecule has 2 fully saturated rings.